The molecule has 5 N–H and O–H groups in total. The molecule has 0 saturated carbocycles. The van der Waals surface area contributed by atoms with Crippen molar-refractivity contribution in [3.8, 4) is 5.75 Å². The number of hydrogen-bond acceptors (Lipinski definition) is 9. The van der Waals surface area contributed by atoms with Crippen molar-refractivity contribution in [2.75, 3.05) is 68.1 Å². The number of nitrogen functional groups attached to an aromatic ring is 2. The van der Waals surface area contributed by atoms with Gasteiger partial charge >= 0.3 is 0 Å². The summed E-state index contributed by atoms with van der Waals surface area (Å²) in [4.78, 5) is 16.7. The molecule has 1 aliphatic heterocycles. The normalized spacial score (nSPS) is 14.8. The number of rotatable bonds is 9. The van der Waals surface area contributed by atoms with E-state index in [1.165, 1.54) is 12.1 Å². The maximum atomic E-state index is 5.56. The van der Waals surface area contributed by atoms with Gasteiger partial charge in [0, 0.05) is 32.7 Å². The van der Waals surface area contributed by atoms with Crippen LogP contribution in [-0.2, 0) is 0 Å². The highest BCUT2D eigenvalue weighted by Crippen LogP contribution is 2.28. The van der Waals surface area contributed by atoms with Crippen LogP contribution < -0.4 is 26.4 Å². The lowest BCUT2D eigenvalue weighted by Gasteiger charge is -2.36. The van der Waals surface area contributed by atoms with E-state index in [2.05, 4.69) is 42.2 Å². The second-order valence-electron chi connectivity index (χ2n) is 6.86. The summed E-state index contributed by atoms with van der Waals surface area (Å²) in [6.07, 6.45) is 3.38. The van der Waals surface area contributed by atoms with E-state index in [0.717, 1.165) is 57.9 Å². The first-order valence-corrected chi connectivity index (χ1v) is 9.77. The number of benzene rings is 1. The number of ether oxygens (including phenoxy) is 1. The van der Waals surface area contributed by atoms with E-state index in [9.17, 15) is 0 Å². The van der Waals surface area contributed by atoms with Gasteiger partial charge in [-0.05, 0) is 31.5 Å². The van der Waals surface area contributed by atoms with Crippen LogP contribution in [0.1, 0.15) is 19.3 Å². The average molecular weight is 387 g/mol. The molecule has 1 fully saturated rings. The number of nitrogens with zero attached hydrogens (tertiary/aromatic N) is 5. The lowest BCUT2D eigenvalue weighted by molar-refractivity contribution is 0.252. The Morgan fingerprint density at radius 3 is 2.39 bits per heavy atom. The lowest BCUT2D eigenvalue weighted by Crippen LogP contribution is -2.46. The minimum Gasteiger partial charge on any atom is -0.495 e. The third kappa shape index (κ3) is 5.59. The fourth-order valence-electron chi connectivity index (χ4n) is 3.43. The SMILES string of the molecule is COc1ccccc1N1CCN(CCCCCNc2nc(N)nc(N)n2)CC1. The second kappa shape index (κ2) is 9.93. The van der Waals surface area contributed by atoms with Crippen LogP contribution in [-0.4, -0.2) is 66.2 Å². The largest absolute Gasteiger partial charge is 0.495 e. The van der Waals surface area contributed by atoms with E-state index in [4.69, 9.17) is 16.2 Å². The molecular formula is C19H30N8O. The molecule has 1 saturated heterocycles. The van der Waals surface area contributed by atoms with Gasteiger partial charge < -0.3 is 26.4 Å². The van der Waals surface area contributed by atoms with E-state index in [1.807, 2.05) is 12.1 Å². The number of anilines is 4. The van der Waals surface area contributed by atoms with Crippen molar-refractivity contribution in [2.24, 2.45) is 0 Å². The van der Waals surface area contributed by atoms with E-state index in [0.29, 0.717) is 5.95 Å². The van der Waals surface area contributed by atoms with E-state index in [1.54, 1.807) is 7.11 Å². The molecule has 0 spiro atoms. The van der Waals surface area contributed by atoms with Crippen molar-refractivity contribution in [3.05, 3.63) is 24.3 Å². The number of nitrogens with one attached hydrogen (secondary N) is 1. The summed E-state index contributed by atoms with van der Waals surface area (Å²) in [5, 5.41) is 3.15. The topological polar surface area (TPSA) is 118 Å². The van der Waals surface area contributed by atoms with Gasteiger partial charge in [0.2, 0.25) is 17.8 Å². The number of para-hydroxylation sites is 2. The van der Waals surface area contributed by atoms with Crippen molar-refractivity contribution in [2.45, 2.75) is 19.3 Å². The molecule has 9 nitrogen and oxygen atoms in total. The number of unbranched alkanes of at least 4 members (excludes halogenated alkanes) is 2. The maximum Gasteiger partial charge on any atom is 0.229 e. The zero-order valence-electron chi connectivity index (χ0n) is 16.5. The van der Waals surface area contributed by atoms with Gasteiger partial charge in [0.05, 0.1) is 12.8 Å². The van der Waals surface area contributed by atoms with Crippen LogP contribution in [0.2, 0.25) is 0 Å². The molecule has 0 radical (unpaired) electrons. The standard InChI is InChI=1S/C19H30N8O/c1-28-16-8-4-3-7-15(16)27-13-11-26(12-14-27)10-6-2-5-9-22-19-24-17(20)23-18(21)25-19/h3-4,7-8H,2,5-6,9-14H2,1H3,(H5,20,21,22,23,24,25). The number of hydrogen-bond donors (Lipinski definition) is 3. The monoisotopic (exact) mass is 386 g/mol. The Morgan fingerprint density at radius 1 is 0.964 bits per heavy atom. The van der Waals surface area contributed by atoms with Crippen LogP contribution in [0.5, 0.6) is 5.75 Å². The Kier molecular flexibility index (Phi) is 7.07. The molecule has 152 valence electrons. The van der Waals surface area contributed by atoms with E-state index < -0.39 is 0 Å². The number of methoxy groups -OCH3 is 1. The van der Waals surface area contributed by atoms with Crippen LogP contribution >= 0.6 is 0 Å². The van der Waals surface area contributed by atoms with Crippen molar-refractivity contribution in [3.63, 3.8) is 0 Å². The molecule has 9 heteroatoms. The predicted octanol–water partition coefficient (Wildman–Crippen LogP) is 1.45. The molecule has 1 aliphatic rings. The molecule has 1 aromatic carbocycles. The van der Waals surface area contributed by atoms with Gasteiger partial charge in [-0.15, -0.1) is 0 Å². The first kappa shape index (κ1) is 19.9. The molecule has 0 atom stereocenters. The molecule has 1 aromatic heterocycles. The molecule has 28 heavy (non-hydrogen) atoms. The maximum absolute atomic E-state index is 5.56. The Hall–Kier alpha value is -2.81. The van der Waals surface area contributed by atoms with E-state index >= 15 is 0 Å². The second-order valence-corrected chi connectivity index (χ2v) is 6.86. The first-order valence-electron chi connectivity index (χ1n) is 9.77. The molecule has 2 heterocycles. The van der Waals surface area contributed by atoms with Gasteiger partial charge in [0.1, 0.15) is 5.75 Å². The summed E-state index contributed by atoms with van der Waals surface area (Å²) in [6, 6.07) is 8.24. The van der Waals surface area contributed by atoms with Gasteiger partial charge in [-0.25, -0.2) is 0 Å². The summed E-state index contributed by atoms with van der Waals surface area (Å²) in [7, 11) is 1.73. The van der Waals surface area contributed by atoms with Crippen molar-refractivity contribution in [1.82, 2.24) is 19.9 Å². The molecule has 3 rings (SSSR count). The predicted molar refractivity (Wildman–Crippen MR) is 113 cm³/mol. The number of piperazine rings is 1. The summed E-state index contributed by atoms with van der Waals surface area (Å²) in [6.45, 7) is 6.16. The van der Waals surface area contributed by atoms with Crippen LogP contribution in [0.15, 0.2) is 24.3 Å². The Bertz CT molecular complexity index is 728. The average Bonchev–Trinajstić information content (AvgIpc) is 2.70. The van der Waals surface area contributed by atoms with Gasteiger partial charge in [0.25, 0.3) is 0 Å². The third-order valence-corrected chi connectivity index (χ3v) is 4.90. The number of nitrogens with two attached hydrogens (primary N) is 2. The fraction of sp³-hybridized carbons (Fsp3) is 0.526. The smallest absolute Gasteiger partial charge is 0.229 e. The quantitative estimate of drug-likeness (QED) is 0.550. The summed E-state index contributed by atoms with van der Waals surface area (Å²) < 4.78 is 5.49. The van der Waals surface area contributed by atoms with Crippen LogP contribution in [0, 0.1) is 0 Å². The van der Waals surface area contributed by atoms with Crippen LogP contribution in [0.4, 0.5) is 23.5 Å². The van der Waals surface area contributed by atoms with Crippen molar-refractivity contribution >= 4 is 23.5 Å². The number of aromatic nitrogens is 3. The molecule has 0 amide bonds. The zero-order valence-corrected chi connectivity index (χ0v) is 16.5. The molecule has 0 bridgehead atoms. The first-order chi connectivity index (χ1) is 13.7. The Morgan fingerprint density at radius 2 is 1.68 bits per heavy atom. The third-order valence-electron chi connectivity index (χ3n) is 4.90. The van der Waals surface area contributed by atoms with Gasteiger partial charge in [-0.1, -0.05) is 18.6 Å². The minimum atomic E-state index is 0.141. The van der Waals surface area contributed by atoms with Gasteiger partial charge in [-0.3, -0.25) is 4.90 Å². The highest BCUT2D eigenvalue weighted by Gasteiger charge is 2.18. The van der Waals surface area contributed by atoms with Crippen molar-refractivity contribution < 1.29 is 4.74 Å². The Balaban J connectivity index is 1.30. The zero-order chi connectivity index (χ0) is 19.8. The van der Waals surface area contributed by atoms with E-state index in [-0.39, 0.29) is 11.9 Å². The summed E-state index contributed by atoms with van der Waals surface area (Å²) in [5.41, 5.74) is 12.3. The fourth-order valence-corrected chi connectivity index (χ4v) is 3.43. The molecule has 0 unspecified atom stereocenters. The van der Waals surface area contributed by atoms with Gasteiger partial charge in [-0.2, -0.15) is 15.0 Å². The highest BCUT2D eigenvalue weighted by atomic mass is 16.5. The minimum absolute atomic E-state index is 0.141. The Labute approximate surface area is 166 Å². The summed E-state index contributed by atoms with van der Waals surface area (Å²) in [5.74, 6) is 1.67. The molecular weight excluding hydrogens is 356 g/mol. The molecule has 0 aliphatic carbocycles. The van der Waals surface area contributed by atoms with Crippen LogP contribution in [0.25, 0.3) is 0 Å². The van der Waals surface area contributed by atoms with Gasteiger partial charge in [0.15, 0.2) is 0 Å². The van der Waals surface area contributed by atoms with Crippen molar-refractivity contribution in [1.29, 1.82) is 0 Å². The molecule has 2 aromatic rings. The van der Waals surface area contributed by atoms with Crippen LogP contribution in [0.3, 0.4) is 0 Å². The highest BCUT2D eigenvalue weighted by molar-refractivity contribution is 5.58. The summed E-state index contributed by atoms with van der Waals surface area (Å²) >= 11 is 0. The lowest BCUT2D eigenvalue weighted by atomic mass is 10.2.